The molecule has 2 aromatic heterocycles. The van der Waals surface area contributed by atoms with Gasteiger partial charge in [0.15, 0.2) is 5.82 Å². The van der Waals surface area contributed by atoms with Gasteiger partial charge < -0.3 is 9.47 Å². The third kappa shape index (κ3) is 2.83. The van der Waals surface area contributed by atoms with Crippen molar-refractivity contribution in [2.45, 2.75) is 6.54 Å². The minimum atomic E-state index is 0.0729. The molecule has 6 heteroatoms. The van der Waals surface area contributed by atoms with E-state index in [-0.39, 0.29) is 5.91 Å². The highest BCUT2D eigenvalue weighted by molar-refractivity contribution is 14.1. The summed E-state index contributed by atoms with van der Waals surface area (Å²) in [5.41, 5.74) is 2.02. The zero-order chi connectivity index (χ0) is 15.7. The first kappa shape index (κ1) is 15.0. The van der Waals surface area contributed by atoms with E-state index < -0.39 is 0 Å². The Morgan fingerprint density at radius 3 is 2.68 bits per heavy atom. The van der Waals surface area contributed by atoms with Crippen LogP contribution in [0.25, 0.3) is 22.3 Å². The van der Waals surface area contributed by atoms with Gasteiger partial charge in [-0.05, 0) is 46.9 Å². The molecule has 0 unspecified atom stereocenters. The molecule has 3 aromatic rings. The third-order valence-corrected chi connectivity index (χ3v) is 4.32. The summed E-state index contributed by atoms with van der Waals surface area (Å²) in [6.07, 6.45) is 5.47. The summed E-state index contributed by atoms with van der Waals surface area (Å²) in [7, 11) is 3.54. The molecular weight excluding hydrogens is 391 g/mol. The molecule has 0 aliphatic heterocycles. The van der Waals surface area contributed by atoms with Crippen molar-refractivity contribution in [2.24, 2.45) is 0 Å². The van der Waals surface area contributed by atoms with Crippen molar-refractivity contribution >= 4 is 39.4 Å². The van der Waals surface area contributed by atoms with Crippen LogP contribution in [0.4, 0.5) is 0 Å². The van der Waals surface area contributed by atoms with Crippen molar-refractivity contribution in [1.82, 2.24) is 19.4 Å². The maximum atomic E-state index is 11.9. The van der Waals surface area contributed by atoms with E-state index in [0.29, 0.717) is 12.4 Å². The molecule has 0 atom stereocenters. The van der Waals surface area contributed by atoms with Crippen LogP contribution >= 0.6 is 22.6 Å². The summed E-state index contributed by atoms with van der Waals surface area (Å²) in [6, 6.07) is 7.88. The number of fused-ring (bicyclic) bond motifs is 1. The van der Waals surface area contributed by atoms with Gasteiger partial charge in [-0.2, -0.15) is 0 Å². The molecule has 0 aliphatic rings. The first-order chi connectivity index (χ1) is 10.6. The van der Waals surface area contributed by atoms with Crippen molar-refractivity contribution < 1.29 is 4.79 Å². The molecular formula is C16H15IN4O. The van der Waals surface area contributed by atoms with Crippen LogP contribution < -0.4 is 0 Å². The molecule has 0 bridgehead atoms. The molecule has 0 saturated carbocycles. The van der Waals surface area contributed by atoms with Gasteiger partial charge >= 0.3 is 0 Å². The second-order valence-electron chi connectivity index (χ2n) is 5.20. The Morgan fingerprint density at radius 2 is 2.00 bits per heavy atom. The second-order valence-corrected chi connectivity index (χ2v) is 6.36. The van der Waals surface area contributed by atoms with E-state index in [1.807, 2.05) is 22.9 Å². The maximum absolute atomic E-state index is 11.9. The fourth-order valence-electron chi connectivity index (χ4n) is 2.26. The largest absolute Gasteiger partial charge is 0.347 e. The van der Waals surface area contributed by atoms with E-state index in [9.17, 15) is 4.79 Å². The fraction of sp³-hybridized carbons (Fsp3) is 0.188. The molecule has 0 fully saturated rings. The number of aromatic nitrogens is 3. The molecule has 5 nitrogen and oxygen atoms in total. The average molecular weight is 406 g/mol. The molecule has 1 aromatic carbocycles. The van der Waals surface area contributed by atoms with E-state index in [2.05, 4.69) is 38.6 Å². The van der Waals surface area contributed by atoms with Crippen LogP contribution in [0, 0.1) is 3.57 Å². The number of amides is 1. The van der Waals surface area contributed by atoms with Crippen molar-refractivity contribution in [2.75, 3.05) is 14.1 Å². The van der Waals surface area contributed by atoms with E-state index in [1.54, 1.807) is 37.5 Å². The van der Waals surface area contributed by atoms with Gasteiger partial charge in [0.2, 0.25) is 5.91 Å². The van der Waals surface area contributed by atoms with Gasteiger partial charge in [-0.3, -0.25) is 4.79 Å². The summed E-state index contributed by atoms with van der Waals surface area (Å²) in [4.78, 5) is 22.1. The van der Waals surface area contributed by atoms with Crippen molar-refractivity contribution in [3.63, 3.8) is 0 Å². The maximum Gasteiger partial charge on any atom is 0.241 e. The number of rotatable bonds is 3. The Bertz CT molecular complexity index is 827. The Kier molecular flexibility index (Phi) is 4.10. The van der Waals surface area contributed by atoms with Crippen LogP contribution in [0.1, 0.15) is 0 Å². The van der Waals surface area contributed by atoms with Crippen molar-refractivity contribution in [3.8, 4) is 11.4 Å². The molecule has 22 heavy (non-hydrogen) atoms. The minimum Gasteiger partial charge on any atom is -0.347 e. The predicted octanol–water partition coefficient (Wildman–Crippen LogP) is 2.79. The molecule has 0 aliphatic carbocycles. The number of hydrogen-bond donors (Lipinski definition) is 0. The average Bonchev–Trinajstić information content (AvgIpc) is 2.84. The standard InChI is InChI=1S/C16H15IN4O/c1-20(2)15(22)10-21-9-13(17)12-8-11(4-5-14(12)21)16-18-6-3-7-19-16/h3-9H,10H2,1-2H3. The zero-order valence-corrected chi connectivity index (χ0v) is 14.5. The number of benzene rings is 1. The normalized spacial score (nSPS) is 10.9. The number of halogens is 1. The summed E-state index contributed by atoms with van der Waals surface area (Å²) in [5.74, 6) is 0.779. The molecule has 1 amide bonds. The summed E-state index contributed by atoms with van der Waals surface area (Å²) >= 11 is 2.29. The van der Waals surface area contributed by atoms with E-state index in [4.69, 9.17) is 0 Å². The summed E-state index contributed by atoms with van der Waals surface area (Å²) < 4.78 is 3.09. The highest BCUT2D eigenvalue weighted by Crippen LogP contribution is 2.27. The SMILES string of the molecule is CN(C)C(=O)Cn1cc(I)c2cc(-c3ncccn3)ccc21. The van der Waals surface area contributed by atoms with Crippen LogP contribution in [-0.2, 0) is 11.3 Å². The molecule has 0 N–H and O–H groups in total. The minimum absolute atomic E-state index is 0.0729. The van der Waals surface area contributed by atoms with Crippen LogP contribution in [0.3, 0.4) is 0 Å². The quantitative estimate of drug-likeness (QED) is 0.629. The van der Waals surface area contributed by atoms with E-state index in [0.717, 1.165) is 20.0 Å². The number of likely N-dealkylation sites (N-methyl/N-ethyl adjacent to an activating group) is 1. The lowest BCUT2D eigenvalue weighted by molar-refractivity contribution is -0.129. The van der Waals surface area contributed by atoms with Crippen LogP contribution in [0.5, 0.6) is 0 Å². The smallest absolute Gasteiger partial charge is 0.241 e. The number of carbonyl (C=O) groups is 1. The second kappa shape index (κ2) is 6.04. The number of hydrogen-bond acceptors (Lipinski definition) is 3. The third-order valence-electron chi connectivity index (χ3n) is 3.46. The van der Waals surface area contributed by atoms with E-state index in [1.165, 1.54) is 0 Å². The lowest BCUT2D eigenvalue weighted by atomic mass is 10.1. The van der Waals surface area contributed by atoms with E-state index >= 15 is 0 Å². The Hall–Kier alpha value is -1.96. The van der Waals surface area contributed by atoms with Crippen LogP contribution in [0.2, 0.25) is 0 Å². The summed E-state index contributed by atoms with van der Waals surface area (Å²) in [5, 5.41) is 1.11. The Labute approximate surface area is 142 Å². The van der Waals surface area contributed by atoms with Gasteiger partial charge in [-0.1, -0.05) is 0 Å². The topological polar surface area (TPSA) is 51.0 Å². The number of carbonyl (C=O) groups excluding carboxylic acids is 1. The molecule has 0 saturated heterocycles. The zero-order valence-electron chi connectivity index (χ0n) is 12.3. The van der Waals surface area contributed by atoms with Gasteiger partial charge in [0.1, 0.15) is 6.54 Å². The van der Waals surface area contributed by atoms with Crippen molar-refractivity contribution in [1.29, 1.82) is 0 Å². The molecule has 0 spiro atoms. The molecule has 3 rings (SSSR count). The van der Waals surface area contributed by atoms with Crippen LogP contribution in [-0.4, -0.2) is 39.4 Å². The van der Waals surface area contributed by atoms with Gasteiger partial charge in [-0.25, -0.2) is 9.97 Å². The van der Waals surface area contributed by atoms with Gasteiger partial charge in [0, 0.05) is 52.7 Å². The van der Waals surface area contributed by atoms with Gasteiger partial charge in [0.25, 0.3) is 0 Å². The first-order valence-corrected chi connectivity index (χ1v) is 7.90. The van der Waals surface area contributed by atoms with Gasteiger partial charge in [-0.15, -0.1) is 0 Å². The number of nitrogens with zero attached hydrogens (tertiary/aromatic N) is 4. The first-order valence-electron chi connectivity index (χ1n) is 6.82. The lowest BCUT2D eigenvalue weighted by Crippen LogP contribution is -2.25. The van der Waals surface area contributed by atoms with Crippen LogP contribution in [0.15, 0.2) is 42.9 Å². The highest BCUT2D eigenvalue weighted by Gasteiger charge is 2.12. The molecule has 112 valence electrons. The monoisotopic (exact) mass is 406 g/mol. The lowest BCUT2D eigenvalue weighted by Gasteiger charge is -2.11. The molecule has 2 heterocycles. The van der Waals surface area contributed by atoms with Crippen molar-refractivity contribution in [3.05, 3.63) is 46.4 Å². The fourth-order valence-corrected chi connectivity index (χ4v) is 3.03. The molecule has 0 radical (unpaired) electrons. The predicted molar refractivity (Wildman–Crippen MR) is 94.4 cm³/mol. The van der Waals surface area contributed by atoms with Gasteiger partial charge in [0.05, 0.1) is 0 Å². The summed E-state index contributed by atoms with van der Waals surface area (Å²) in [6.45, 7) is 0.341. The Balaban J connectivity index is 2.04. The Morgan fingerprint density at radius 1 is 1.27 bits per heavy atom. The highest BCUT2D eigenvalue weighted by atomic mass is 127.